The molecular weight excluding hydrogens is 248 g/mol. The summed E-state index contributed by atoms with van der Waals surface area (Å²) in [7, 11) is 0. The number of carboxylic acid groups (broad SMARTS) is 1. The van der Waals surface area contributed by atoms with Crippen LogP contribution in [-0.2, 0) is 14.4 Å². The number of likely N-dealkylation sites (tertiary alicyclic amines) is 1. The van der Waals surface area contributed by atoms with Gasteiger partial charge < -0.3 is 15.3 Å². The van der Waals surface area contributed by atoms with Crippen LogP contribution in [0.1, 0.15) is 26.7 Å². The highest BCUT2D eigenvalue weighted by molar-refractivity contribution is 5.87. The van der Waals surface area contributed by atoms with E-state index in [9.17, 15) is 14.4 Å². The van der Waals surface area contributed by atoms with Crippen LogP contribution in [0.25, 0.3) is 0 Å². The molecule has 0 radical (unpaired) electrons. The normalized spacial score (nSPS) is 29.4. The minimum atomic E-state index is -0.963. The van der Waals surface area contributed by atoms with Crippen LogP contribution in [0.3, 0.4) is 0 Å². The Bertz CT molecular complexity index is 409. The second-order valence-electron chi connectivity index (χ2n) is 5.51. The van der Waals surface area contributed by atoms with Gasteiger partial charge in [-0.25, -0.2) is 0 Å². The predicted molar refractivity (Wildman–Crippen MR) is 67.2 cm³/mol. The lowest BCUT2D eigenvalue weighted by molar-refractivity contribution is -0.151. The van der Waals surface area contributed by atoms with Gasteiger partial charge in [-0.1, -0.05) is 13.8 Å². The fourth-order valence-corrected chi connectivity index (χ4v) is 2.91. The van der Waals surface area contributed by atoms with E-state index in [0.717, 1.165) is 12.8 Å². The van der Waals surface area contributed by atoms with Crippen molar-refractivity contribution in [3.63, 3.8) is 0 Å². The molecule has 2 heterocycles. The maximum atomic E-state index is 12.4. The van der Waals surface area contributed by atoms with E-state index in [1.54, 1.807) is 18.7 Å². The van der Waals surface area contributed by atoms with Crippen LogP contribution in [0.5, 0.6) is 0 Å². The van der Waals surface area contributed by atoms with Gasteiger partial charge in [0, 0.05) is 19.0 Å². The maximum Gasteiger partial charge on any atom is 0.307 e. The summed E-state index contributed by atoms with van der Waals surface area (Å²) in [6.45, 7) is 4.30. The summed E-state index contributed by atoms with van der Waals surface area (Å²) in [5, 5.41) is 11.8. The zero-order valence-corrected chi connectivity index (χ0v) is 11.3. The third-order valence-corrected chi connectivity index (χ3v) is 4.41. The van der Waals surface area contributed by atoms with E-state index in [2.05, 4.69) is 5.32 Å². The van der Waals surface area contributed by atoms with Crippen molar-refractivity contribution in [3.8, 4) is 0 Å². The van der Waals surface area contributed by atoms with Crippen LogP contribution >= 0.6 is 0 Å². The minimum absolute atomic E-state index is 0.0152. The molecule has 0 bridgehead atoms. The molecule has 2 saturated heterocycles. The van der Waals surface area contributed by atoms with Crippen LogP contribution in [0, 0.1) is 17.8 Å². The van der Waals surface area contributed by atoms with Gasteiger partial charge in [0.05, 0.1) is 17.9 Å². The Morgan fingerprint density at radius 1 is 1.37 bits per heavy atom. The Labute approximate surface area is 112 Å². The van der Waals surface area contributed by atoms with Crippen molar-refractivity contribution in [2.24, 2.45) is 17.8 Å². The molecule has 6 nitrogen and oxygen atoms in total. The van der Waals surface area contributed by atoms with Gasteiger partial charge in [0.1, 0.15) is 0 Å². The first kappa shape index (κ1) is 13.8. The van der Waals surface area contributed by atoms with Crippen molar-refractivity contribution in [1.82, 2.24) is 10.2 Å². The van der Waals surface area contributed by atoms with Crippen LogP contribution in [-0.4, -0.2) is 46.9 Å². The van der Waals surface area contributed by atoms with E-state index in [1.807, 2.05) is 0 Å². The largest absolute Gasteiger partial charge is 0.481 e. The molecule has 0 aliphatic carbocycles. The number of rotatable bonds is 3. The Morgan fingerprint density at radius 3 is 2.68 bits per heavy atom. The average molecular weight is 268 g/mol. The van der Waals surface area contributed by atoms with E-state index in [4.69, 9.17) is 5.11 Å². The number of carbonyl (C=O) groups excluding carboxylic acids is 2. The number of piperidine rings is 1. The van der Waals surface area contributed by atoms with E-state index in [-0.39, 0.29) is 23.8 Å². The SMILES string of the molecule is CC(C(=O)O)C(C)C(=O)N1CCCC2C(=O)NCC21. The number of hydrogen-bond acceptors (Lipinski definition) is 3. The molecule has 2 rings (SSSR count). The molecule has 2 fully saturated rings. The number of amides is 2. The van der Waals surface area contributed by atoms with Crippen molar-refractivity contribution >= 4 is 17.8 Å². The molecule has 2 amide bonds. The summed E-state index contributed by atoms with van der Waals surface area (Å²) in [5.41, 5.74) is 0. The van der Waals surface area contributed by atoms with Gasteiger partial charge in [0.2, 0.25) is 11.8 Å². The summed E-state index contributed by atoms with van der Waals surface area (Å²) in [6.07, 6.45) is 1.61. The number of fused-ring (bicyclic) bond motifs is 1. The average Bonchev–Trinajstić information content (AvgIpc) is 2.78. The van der Waals surface area contributed by atoms with Gasteiger partial charge in [0.15, 0.2) is 0 Å². The van der Waals surface area contributed by atoms with Crippen molar-refractivity contribution in [2.45, 2.75) is 32.7 Å². The third-order valence-electron chi connectivity index (χ3n) is 4.41. The third kappa shape index (κ3) is 2.43. The molecule has 0 saturated carbocycles. The zero-order valence-electron chi connectivity index (χ0n) is 11.3. The fraction of sp³-hybridized carbons (Fsp3) is 0.769. The van der Waals surface area contributed by atoms with Gasteiger partial charge in [-0.15, -0.1) is 0 Å². The zero-order chi connectivity index (χ0) is 14.2. The van der Waals surface area contributed by atoms with Gasteiger partial charge in [-0.3, -0.25) is 14.4 Å². The highest BCUT2D eigenvalue weighted by Crippen LogP contribution is 2.29. The van der Waals surface area contributed by atoms with E-state index < -0.39 is 17.8 Å². The van der Waals surface area contributed by atoms with Crippen LogP contribution < -0.4 is 5.32 Å². The van der Waals surface area contributed by atoms with Crippen molar-refractivity contribution in [2.75, 3.05) is 13.1 Å². The molecule has 0 aromatic carbocycles. The number of nitrogens with one attached hydrogen (secondary N) is 1. The van der Waals surface area contributed by atoms with Crippen molar-refractivity contribution < 1.29 is 19.5 Å². The molecule has 19 heavy (non-hydrogen) atoms. The number of nitrogens with zero attached hydrogens (tertiary/aromatic N) is 1. The standard InChI is InChI=1S/C13H20N2O4/c1-7(8(2)13(18)19)12(17)15-5-3-4-9-10(15)6-14-11(9)16/h7-10H,3-6H2,1-2H3,(H,14,16)(H,18,19). The number of aliphatic carboxylic acids is 1. The quantitative estimate of drug-likeness (QED) is 0.759. The monoisotopic (exact) mass is 268 g/mol. The first-order valence-electron chi connectivity index (χ1n) is 6.74. The Kier molecular flexibility index (Phi) is 3.78. The Balaban J connectivity index is 2.10. The Morgan fingerprint density at radius 2 is 2.05 bits per heavy atom. The first-order chi connectivity index (χ1) is 8.93. The molecule has 4 unspecified atom stereocenters. The van der Waals surface area contributed by atoms with Crippen molar-refractivity contribution in [3.05, 3.63) is 0 Å². The second-order valence-corrected chi connectivity index (χ2v) is 5.51. The summed E-state index contributed by atoms with van der Waals surface area (Å²) >= 11 is 0. The first-order valence-corrected chi connectivity index (χ1v) is 6.74. The number of carbonyl (C=O) groups is 3. The summed E-state index contributed by atoms with van der Waals surface area (Å²) in [5.74, 6) is -2.49. The van der Waals surface area contributed by atoms with E-state index >= 15 is 0 Å². The summed E-state index contributed by atoms with van der Waals surface area (Å²) in [4.78, 5) is 36.7. The molecule has 0 spiro atoms. The second kappa shape index (κ2) is 5.19. The lowest BCUT2D eigenvalue weighted by Crippen LogP contribution is -2.51. The van der Waals surface area contributed by atoms with Crippen molar-refractivity contribution in [1.29, 1.82) is 0 Å². The molecule has 0 aromatic heterocycles. The van der Waals surface area contributed by atoms with Crippen LogP contribution in [0.15, 0.2) is 0 Å². The molecule has 2 aliphatic heterocycles. The lowest BCUT2D eigenvalue weighted by atomic mass is 9.88. The van der Waals surface area contributed by atoms with Gasteiger partial charge in [-0.05, 0) is 12.8 Å². The fourth-order valence-electron chi connectivity index (χ4n) is 2.91. The predicted octanol–water partition coefficient (Wildman–Crippen LogP) is 0.0802. The smallest absolute Gasteiger partial charge is 0.307 e. The van der Waals surface area contributed by atoms with Crippen LogP contribution in [0.2, 0.25) is 0 Å². The van der Waals surface area contributed by atoms with Gasteiger partial charge in [0.25, 0.3) is 0 Å². The maximum absolute atomic E-state index is 12.4. The van der Waals surface area contributed by atoms with E-state index in [1.165, 1.54) is 0 Å². The number of hydrogen-bond donors (Lipinski definition) is 2. The minimum Gasteiger partial charge on any atom is -0.481 e. The summed E-state index contributed by atoms with van der Waals surface area (Å²) < 4.78 is 0. The van der Waals surface area contributed by atoms with Gasteiger partial charge >= 0.3 is 5.97 Å². The molecular formula is C13H20N2O4. The lowest BCUT2D eigenvalue weighted by Gasteiger charge is -2.38. The molecule has 2 aliphatic rings. The van der Waals surface area contributed by atoms with Gasteiger partial charge in [-0.2, -0.15) is 0 Å². The molecule has 6 heteroatoms. The molecule has 106 valence electrons. The highest BCUT2D eigenvalue weighted by Gasteiger charge is 2.44. The molecule has 4 atom stereocenters. The number of carboxylic acids is 1. The van der Waals surface area contributed by atoms with Crippen LogP contribution in [0.4, 0.5) is 0 Å². The topological polar surface area (TPSA) is 86.7 Å². The highest BCUT2D eigenvalue weighted by atomic mass is 16.4. The molecule has 0 aromatic rings. The Hall–Kier alpha value is -1.59. The summed E-state index contributed by atoms with van der Waals surface area (Å²) in [6, 6.07) is -0.0998. The molecule has 2 N–H and O–H groups in total. The van der Waals surface area contributed by atoms with E-state index in [0.29, 0.717) is 13.1 Å².